The highest BCUT2D eigenvalue weighted by atomic mass is 79.9. The Morgan fingerprint density at radius 2 is 2.20 bits per heavy atom. The van der Waals surface area contributed by atoms with Gasteiger partial charge in [-0.1, -0.05) is 6.07 Å². The molecule has 0 aliphatic heterocycles. The first-order chi connectivity index (χ1) is 9.50. The second kappa shape index (κ2) is 6.45. The first-order valence-corrected chi connectivity index (χ1v) is 7.98. The SMILES string of the molecule is Cc1nc(=O)n(CCCC(=O)c2cccs2)c(C)c1Br. The maximum Gasteiger partial charge on any atom is 0.348 e. The van der Waals surface area contributed by atoms with E-state index in [0.717, 1.165) is 15.0 Å². The first kappa shape index (κ1) is 15.1. The lowest BCUT2D eigenvalue weighted by Crippen LogP contribution is -2.26. The number of hydrogen-bond acceptors (Lipinski definition) is 4. The number of carbonyl (C=O) groups is 1. The number of carbonyl (C=O) groups excluding carboxylic acids is 1. The molecule has 0 amide bonds. The number of aromatic nitrogens is 2. The summed E-state index contributed by atoms with van der Waals surface area (Å²) in [7, 11) is 0. The number of thiophene rings is 1. The zero-order chi connectivity index (χ0) is 14.7. The third kappa shape index (κ3) is 3.24. The lowest BCUT2D eigenvalue weighted by atomic mass is 10.2. The molecule has 2 aromatic rings. The maximum atomic E-state index is 11.9. The number of halogens is 1. The minimum absolute atomic E-state index is 0.129. The molecular formula is C14H15BrN2O2S. The number of aryl methyl sites for hydroxylation is 1. The van der Waals surface area contributed by atoms with E-state index >= 15 is 0 Å². The summed E-state index contributed by atoms with van der Waals surface area (Å²) in [6, 6.07) is 3.70. The summed E-state index contributed by atoms with van der Waals surface area (Å²) in [6.07, 6.45) is 1.08. The monoisotopic (exact) mass is 354 g/mol. The van der Waals surface area contributed by atoms with Crippen molar-refractivity contribution in [3.8, 4) is 0 Å². The zero-order valence-corrected chi connectivity index (χ0v) is 13.8. The van der Waals surface area contributed by atoms with E-state index in [-0.39, 0.29) is 11.5 Å². The van der Waals surface area contributed by atoms with Crippen LogP contribution in [0.15, 0.2) is 26.8 Å². The number of ketones is 1. The van der Waals surface area contributed by atoms with Crippen molar-refractivity contribution in [2.75, 3.05) is 0 Å². The molecule has 2 heterocycles. The van der Waals surface area contributed by atoms with Crippen LogP contribution in [0.1, 0.15) is 33.9 Å². The van der Waals surface area contributed by atoms with Crippen molar-refractivity contribution in [1.82, 2.24) is 9.55 Å². The molecule has 0 radical (unpaired) electrons. The zero-order valence-electron chi connectivity index (χ0n) is 11.4. The van der Waals surface area contributed by atoms with Gasteiger partial charge in [0.15, 0.2) is 5.78 Å². The molecule has 2 rings (SSSR count). The van der Waals surface area contributed by atoms with Gasteiger partial charge in [0.2, 0.25) is 0 Å². The molecule has 0 spiro atoms. The van der Waals surface area contributed by atoms with E-state index in [1.807, 2.05) is 24.4 Å². The molecule has 0 fully saturated rings. The molecule has 0 aromatic carbocycles. The maximum absolute atomic E-state index is 11.9. The lowest BCUT2D eigenvalue weighted by Gasteiger charge is -2.11. The van der Waals surface area contributed by atoms with Crippen LogP contribution in [-0.4, -0.2) is 15.3 Å². The van der Waals surface area contributed by atoms with Crippen molar-refractivity contribution in [2.45, 2.75) is 33.2 Å². The summed E-state index contributed by atoms with van der Waals surface area (Å²) >= 11 is 4.88. The molecule has 20 heavy (non-hydrogen) atoms. The van der Waals surface area contributed by atoms with Crippen LogP contribution in [0.3, 0.4) is 0 Å². The molecule has 0 saturated heterocycles. The van der Waals surface area contributed by atoms with Crippen LogP contribution in [0, 0.1) is 13.8 Å². The van der Waals surface area contributed by atoms with Gasteiger partial charge in [0.1, 0.15) is 0 Å². The van der Waals surface area contributed by atoms with Gasteiger partial charge in [-0.05, 0) is 47.6 Å². The van der Waals surface area contributed by atoms with Crippen LogP contribution >= 0.6 is 27.3 Å². The van der Waals surface area contributed by atoms with Crippen molar-refractivity contribution in [3.63, 3.8) is 0 Å². The van der Waals surface area contributed by atoms with Gasteiger partial charge in [-0.25, -0.2) is 4.79 Å². The predicted octanol–water partition coefficient (Wildman–Crippen LogP) is 3.35. The molecule has 6 heteroatoms. The Labute approximate surface area is 129 Å². The number of Topliss-reactive ketones (excluding diaryl/α,β-unsaturated/α-hetero) is 1. The Morgan fingerprint density at radius 1 is 1.45 bits per heavy atom. The summed E-state index contributed by atoms with van der Waals surface area (Å²) in [6.45, 7) is 4.18. The minimum atomic E-state index is -0.258. The van der Waals surface area contributed by atoms with Crippen LogP contribution in [0.2, 0.25) is 0 Å². The highest BCUT2D eigenvalue weighted by Crippen LogP contribution is 2.17. The van der Waals surface area contributed by atoms with Crippen molar-refractivity contribution in [3.05, 3.63) is 48.7 Å². The highest BCUT2D eigenvalue weighted by molar-refractivity contribution is 9.10. The van der Waals surface area contributed by atoms with Gasteiger partial charge in [-0.2, -0.15) is 4.98 Å². The van der Waals surface area contributed by atoms with E-state index in [9.17, 15) is 9.59 Å². The smallest absolute Gasteiger partial charge is 0.295 e. The van der Waals surface area contributed by atoms with Crippen LogP contribution in [0.5, 0.6) is 0 Å². The molecule has 2 aromatic heterocycles. The van der Waals surface area contributed by atoms with E-state index in [2.05, 4.69) is 20.9 Å². The van der Waals surface area contributed by atoms with Crippen molar-refractivity contribution >= 4 is 33.0 Å². The summed E-state index contributed by atoms with van der Waals surface area (Å²) < 4.78 is 2.46. The average molecular weight is 355 g/mol. The molecular weight excluding hydrogens is 340 g/mol. The van der Waals surface area contributed by atoms with Crippen molar-refractivity contribution in [2.24, 2.45) is 0 Å². The third-order valence-electron chi connectivity index (χ3n) is 3.12. The normalized spacial score (nSPS) is 10.8. The summed E-state index contributed by atoms with van der Waals surface area (Å²) in [4.78, 5) is 28.5. The molecule has 0 bridgehead atoms. The summed E-state index contributed by atoms with van der Waals surface area (Å²) in [5.74, 6) is 0.129. The van der Waals surface area contributed by atoms with Crippen molar-refractivity contribution < 1.29 is 4.79 Å². The number of hydrogen-bond donors (Lipinski definition) is 0. The highest BCUT2D eigenvalue weighted by Gasteiger charge is 2.11. The topological polar surface area (TPSA) is 52.0 Å². The predicted molar refractivity (Wildman–Crippen MR) is 83.6 cm³/mol. The van der Waals surface area contributed by atoms with Crippen LogP contribution in [0.25, 0.3) is 0 Å². The van der Waals surface area contributed by atoms with Gasteiger partial charge in [-0.15, -0.1) is 11.3 Å². The van der Waals surface area contributed by atoms with E-state index in [0.29, 0.717) is 25.1 Å². The standard InChI is InChI=1S/C14H15BrN2O2S/c1-9-13(15)10(2)17(14(19)16-9)7-3-5-11(18)12-6-4-8-20-12/h4,6,8H,3,5,7H2,1-2H3. The van der Waals surface area contributed by atoms with Gasteiger partial charge < -0.3 is 0 Å². The fourth-order valence-corrected chi connectivity index (χ4v) is 3.00. The van der Waals surface area contributed by atoms with Gasteiger partial charge in [-0.3, -0.25) is 9.36 Å². The lowest BCUT2D eigenvalue weighted by molar-refractivity contribution is 0.0982. The Hall–Kier alpha value is -1.27. The Bertz CT molecular complexity index is 677. The average Bonchev–Trinajstić information content (AvgIpc) is 2.94. The molecule has 0 atom stereocenters. The van der Waals surface area contributed by atoms with Gasteiger partial charge in [0.05, 0.1) is 15.0 Å². The Kier molecular flexibility index (Phi) is 4.88. The third-order valence-corrected chi connectivity index (χ3v) is 5.17. The van der Waals surface area contributed by atoms with E-state index in [1.54, 1.807) is 11.5 Å². The van der Waals surface area contributed by atoms with E-state index in [1.165, 1.54) is 11.3 Å². The minimum Gasteiger partial charge on any atom is -0.295 e. The number of rotatable bonds is 5. The van der Waals surface area contributed by atoms with Crippen LogP contribution in [0.4, 0.5) is 0 Å². The fourth-order valence-electron chi connectivity index (χ4n) is 2.00. The Balaban J connectivity index is 2.04. The second-order valence-corrected chi connectivity index (χ2v) is 6.28. The second-order valence-electron chi connectivity index (χ2n) is 4.53. The van der Waals surface area contributed by atoms with E-state index < -0.39 is 0 Å². The number of nitrogens with zero attached hydrogens (tertiary/aromatic N) is 2. The summed E-state index contributed by atoms with van der Waals surface area (Å²) in [5.41, 5.74) is 1.29. The van der Waals surface area contributed by atoms with E-state index in [4.69, 9.17) is 0 Å². The summed E-state index contributed by atoms with van der Waals surface area (Å²) in [5, 5.41) is 1.89. The molecule has 0 saturated carbocycles. The van der Waals surface area contributed by atoms with Crippen LogP contribution < -0.4 is 5.69 Å². The quantitative estimate of drug-likeness (QED) is 0.773. The van der Waals surface area contributed by atoms with Gasteiger partial charge in [0.25, 0.3) is 0 Å². The fraction of sp³-hybridized carbons (Fsp3) is 0.357. The Morgan fingerprint density at radius 3 is 2.85 bits per heavy atom. The molecule has 0 unspecified atom stereocenters. The molecule has 0 N–H and O–H groups in total. The van der Waals surface area contributed by atoms with Crippen molar-refractivity contribution in [1.29, 1.82) is 0 Å². The van der Waals surface area contributed by atoms with Crippen LogP contribution in [-0.2, 0) is 6.54 Å². The molecule has 0 aliphatic rings. The first-order valence-electron chi connectivity index (χ1n) is 6.31. The van der Waals surface area contributed by atoms with Gasteiger partial charge >= 0.3 is 5.69 Å². The van der Waals surface area contributed by atoms with Gasteiger partial charge in [0, 0.05) is 18.7 Å². The molecule has 4 nitrogen and oxygen atoms in total. The molecule has 0 aliphatic carbocycles. The molecule has 106 valence electrons. The largest absolute Gasteiger partial charge is 0.348 e.